The SMILES string of the molecule is O=C1OB(c2c(C(F)(F)F)cccc2C(F)(F)F)OC1=O. The van der Waals surface area contributed by atoms with E-state index in [4.69, 9.17) is 0 Å². The van der Waals surface area contributed by atoms with Gasteiger partial charge in [-0.15, -0.1) is 0 Å². The summed E-state index contributed by atoms with van der Waals surface area (Å²) in [5.74, 6) is -3.32. The zero-order valence-electron chi connectivity index (χ0n) is 9.71. The second kappa shape index (κ2) is 4.67. The smallest absolute Gasteiger partial charge is 0.487 e. The van der Waals surface area contributed by atoms with Crippen LogP contribution in [0.15, 0.2) is 18.2 Å². The van der Waals surface area contributed by atoms with Crippen molar-refractivity contribution in [1.29, 1.82) is 0 Å². The highest BCUT2D eigenvalue weighted by molar-refractivity contribution is 6.71. The fourth-order valence-electron chi connectivity index (χ4n) is 1.75. The molecule has 0 spiro atoms. The lowest BCUT2D eigenvalue weighted by atomic mass is 9.72. The van der Waals surface area contributed by atoms with E-state index in [9.17, 15) is 35.9 Å². The van der Waals surface area contributed by atoms with E-state index < -0.39 is 48.0 Å². The largest absolute Gasteiger partial charge is 0.638 e. The van der Waals surface area contributed by atoms with Gasteiger partial charge in [0.15, 0.2) is 0 Å². The van der Waals surface area contributed by atoms with E-state index in [2.05, 4.69) is 9.31 Å². The first-order chi connectivity index (χ1) is 9.51. The Labute approximate surface area is 112 Å². The Balaban J connectivity index is 2.65. The predicted molar refractivity (Wildman–Crippen MR) is 54.0 cm³/mol. The van der Waals surface area contributed by atoms with E-state index in [0.717, 1.165) is 0 Å². The van der Waals surface area contributed by atoms with Crippen molar-refractivity contribution in [3.05, 3.63) is 29.3 Å². The number of carbonyl (C=O) groups excluding carboxylic acids is 2. The van der Waals surface area contributed by atoms with Crippen LogP contribution in [0, 0.1) is 0 Å². The van der Waals surface area contributed by atoms with Crippen molar-refractivity contribution in [3.63, 3.8) is 0 Å². The van der Waals surface area contributed by atoms with Crippen LogP contribution in [-0.2, 0) is 31.3 Å². The molecule has 1 fully saturated rings. The van der Waals surface area contributed by atoms with Gasteiger partial charge in [0.1, 0.15) is 0 Å². The Morgan fingerprint density at radius 3 is 1.52 bits per heavy atom. The van der Waals surface area contributed by atoms with Gasteiger partial charge in [-0.1, -0.05) is 18.2 Å². The molecule has 0 amide bonds. The number of halogens is 6. The molecule has 2 rings (SSSR count). The van der Waals surface area contributed by atoms with Gasteiger partial charge in [0, 0.05) is 5.46 Å². The number of alkyl halides is 6. The van der Waals surface area contributed by atoms with E-state index in [1.165, 1.54) is 0 Å². The molecule has 1 aliphatic rings. The normalized spacial score (nSPS) is 16.0. The molecule has 0 saturated carbocycles. The van der Waals surface area contributed by atoms with Crippen molar-refractivity contribution in [2.75, 3.05) is 0 Å². The first kappa shape index (κ1) is 15.2. The lowest BCUT2D eigenvalue weighted by molar-refractivity contribution is -0.150. The maximum atomic E-state index is 12.8. The van der Waals surface area contributed by atoms with Gasteiger partial charge in [-0.3, -0.25) is 0 Å². The number of benzene rings is 1. The van der Waals surface area contributed by atoms with Gasteiger partial charge in [-0.2, -0.15) is 26.3 Å². The van der Waals surface area contributed by atoms with Crippen LogP contribution in [0.1, 0.15) is 11.1 Å². The van der Waals surface area contributed by atoms with Crippen LogP contribution in [-0.4, -0.2) is 19.1 Å². The minimum absolute atomic E-state index is 0.366. The second-order valence-corrected chi connectivity index (χ2v) is 3.90. The third-order valence-corrected chi connectivity index (χ3v) is 2.55. The highest BCUT2D eigenvalue weighted by Gasteiger charge is 2.52. The maximum absolute atomic E-state index is 12.8. The van der Waals surface area contributed by atoms with Gasteiger partial charge in [0.25, 0.3) is 0 Å². The second-order valence-electron chi connectivity index (χ2n) is 3.90. The minimum atomic E-state index is -5.15. The standard InChI is InChI=1S/C10H3BF6O4/c12-9(13,14)4-2-1-3-5(10(15,16)17)6(4)11-20-7(18)8(19)21-11/h1-3H. The molecule has 4 nitrogen and oxygen atoms in total. The number of hydrogen-bond donors (Lipinski definition) is 0. The molecule has 112 valence electrons. The molecule has 1 aromatic carbocycles. The molecule has 0 aliphatic carbocycles. The number of carbonyl (C=O) groups is 2. The maximum Gasteiger partial charge on any atom is 0.638 e. The lowest BCUT2D eigenvalue weighted by Crippen LogP contribution is -2.42. The monoisotopic (exact) mass is 312 g/mol. The summed E-state index contributed by atoms with van der Waals surface area (Å²) in [6, 6.07) is 1.28. The quantitative estimate of drug-likeness (QED) is 0.448. The molecule has 1 aromatic rings. The van der Waals surface area contributed by atoms with Crippen LogP contribution in [0.4, 0.5) is 26.3 Å². The molecule has 0 aromatic heterocycles. The van der Waals surface area contributed by atoms with Crippen molar-refractivity contribution in [3.8, 4) is 0 Å². The zero-order chi connectivity index (χ0) is 16.0. The molecule has 1 heterocycles. The summed E-state index contributed by atoms with van der Waals surface area (Å²) in [4.78, 5) is 21.6. The molecule has 1 saturated heterocycles. The van der Waals surface area contributed by atoms with Crippen LogP contribution in [0.25, 0.3) is 0 Å². The van der Waals surface area contributed by atoms with Crippen molar-refractivity contribution in [1.82, 2.24) is 0 Å². The third kappa shape index (κ3) is 2.81. The van der Waals surface area contributed by atoms with Gasteiger partial charge in [0.05, 0.1) is 11.1 Å². The Bertz CT molecular complexity index is 560. The molecule has 0 bridgehead atoms. The Hall–Kier alpha value is -2.20. The van der Waals surface area contributed by atoms with Crippen LogP contribution in [0.2, 0.25) is 0 Å². The molecule has 1 aliphatic heterocycles. The topological polar surface area (TPSA) is 52.6 Å². The molecule has 0 unspecified atom stereocenters. The van der Waals surface area contributed by atoms with E-state index in [1.807, 2.05) is 0 Å². The number of rotatable bonds is 1. The molecular formula is C10H3BF6O4. The van der Waals surface area contributed by atoms with Crippen molar-refractivity contribution >= 4 is 24.5 Å². The Morgan fingerprint density at radius 1 is 0.810 bits per heavy atom. The summed E-state index contributed by atoms with van der Waals surface area (Å²) in [5.41, 5.74) is -4.87. The Kier molecular flexibility index (Phi) is 3.38. The van der Waals surface area contributed by atoms with Gasteiger partial charge < -0.3 is 9.31 Å². The van der Waals surface area contributed by atoms with Crippen LogP contribution in [0.5, 0.6) is 0 Å². The molecular weight excluding hydrogens is 309 g/mol. The summed E-state index contributed by atoms with van der Waals surface area (Å²) in [7, 11) is -2.39. The summed E-state index contributed by atoms with van der Waals surface area (Å²) in [6.07, 6.45) is -10.3. The molecule has 0 N–H and O–H groups in total. The Morgan fingerprint density at radius 2 is 1.19 bits per heavy atom. The van der Waals surface area contributed by atoms with E-state index in [0.29, 0.717) is 18.2 Å². The average molecular weight is 312 g/mol. The van der Waals surface area contributed by atoms with E-state index in [1.54, 1.807) is 0 Å². The molecule has 0 radical (unpaired) electrons. The summed E-state index contributed by atoms with van der Waals surface area (Å²) >= 11 is 0. The summed E-state index contributed by atoms with van der Waals surface area (Å²) in [5, 5.41) is 0. The lowest BCUT2D eigenvalue weighted by Gasteiger charge is -2.18. The van der Waals surface area contributed by atoms with E-state index >= 15 is 0 Å². The minimum Gasteiger partial charge on any atom is -0.487 e. The number of hydrogen-bond acceptors (Lipinski definition) is 4. The summed E-state index contributed by atoms with van der Waals surface area (Å²) in [6.45, 7) is 0. The average Bonchev–Trinajstić information content (AvgIpc) is 2.66. The highest BCUT2D eigenvalue weighted by Crippen LogP contribution is 2.34. The molecule has 21 heavy (non-hydrogen) atoms. The first-order valence-corrected chi connectivity index (χ1v) is 5.20. The molecule has 0 atom stereocenters. The fraction of sp³-hybridized carbons (Fsp3) is 0.200. The predicted octanol–water partition coefficient (Wildman–Crippen LogP) is 1.52. The van der Waals surface area contributed by atoms with Gasteiger partial charge >= 0.3 is 31.4 Å². The third-order valence-electron chi connectivity index (χ3n) is 2.55. The fourth-order valence-corrected chi connectivity index (χ4v) is 1.75. The zero-order valence-corrected chi connectivity index (χ0v) is 9.71. The van der Waals surface area contributed by atoms with Crippen molar-refractivity contribution < 1.29 is 45.2 Å². The van der Waals surface area contributed by atoms with Crippen LogP contribution < -0.4 is 5.46 Å². The van der Waals surface area contributed by atoms with Gasteiger partial charge in [-0.05, 0) is 0 Å². The van der Waals surface area contributed by atoms with Crippen LogP contribution in [0.3, 0.4) is 0 Å². The van der Waals surface area contributed by atoms with E-state index in [-0.39, 0.29) is 0 Å². The summed E-state index contributed by atoms with van der Waals surface area (Å²) < 4.78 is 85.1. The van der Waals surface area contributed by atoms with Crippen molar-refractivity contribution in [2.24, 2.45) is 0 Å². The van der Waals surface area contributed by atoms with Crippen molar-refractivity contribution in [2.45, 2.75) is 12.4 Å². The highest BCUT2D eigenvalue weighted by atomic mass is 19.4. The van der Waals surface area contributed by atoms with Gasteiger partial charge in [-0.25, -0.2) is 9.59 Å². The van der Waals surface area contributed by atoms with Crippen LogP contribution >= 0.6 is 0 Å². The molecule has 11 heteroatoms. The first-order valence-electron chi connectivity index (χ1n) is 5.20. The van der Waals surface area contributed by atoms with Gasteiger partial charge in [0.2, 0.25) is 0 Å².